The van der Waals surface area contributed by atoms with Crippen LogP contribution in [0.4, 0.5) is 0 Å². The SMILES string of the molecule is C[C@H](NC(=O)[C@@H]1CCCCOc2cccc(c2)C[C@H](N2CCCC2=O)C(=O)N[C@@H](CCN2CCOCC2)C(=O)N1)C1CC1. The molecule has 2 saturated heterocycles. The van der Waals surface area contributed by atoms with Crippen molar-refractivity contribution < 1.29 is 28.7 Å². The molecular formula is C32H47N5O6. The summed E-state index contributed by atoms with van der Waals surface area (Å²) in [5, 5.41) is 9.10. The quantitative estimate of drug-likeness (QED) is 0.433. The zero-order chi connectivity index (χ0) is 30.2. The third-order valence-corrected chi connectivity index (χ3v) is 9.07. The Bertz CT molecular complexity index is 1140. The molecule has 4 amide bonds. The van der Waals surface area contributed by atoms with Crippen LogP contribution in [-0.4, -0.2) is 104 Å². The first kappa shape index (κ1) is 31.3. The van der Waals surface area contributed by atoms with Crippen molar-refractivity contribution in [3.05, 3.63) is 29.8 Å². The van der Waals surface area contributed by atoms with Crippen LogP contribution < -0.4 is 20.7 Å². The summed E-state index contributed by atoms with van der Waals surface area (Å²) < 4.78 is 11.5. The second-order valence-corrected chi connectivity index (χ2v) is 12.4. The highest BCUT2D eigenvalue weighted by molar-refractivity contribution is 5.94. The van der Waals surface area contributed by atoms with Gasteiger partial charge in [0, 0.05) is 45.1 Å². The van der Waals surface area contributed by atoms with Crippen molar-refractivity contribution in [3.63, 3.8) is 0 Å². The molecule has 3 heterocycles. The third kappa shape index (κ3) is 8.92. The molecule has 4 atom stereocenters. The molecule has 1 aromatic carbocycles. The highest BCUT2D eigenvalue weighted by Gasteiger charge is 2.36. The molecule has 11 heteroatoms. The summed E-state index contributed by atoms with van der Waals surface area (Å²) in [5.74, 6) is 0.206. The fraction of sp³-hybridized carbons (Fsp3) is 0.688. The number of ether oxygens (including phenoxy) is 2. The Morgan fingerprint density at radius 3 is 2.56 bits per heavy atom. The number of morpholine rings is 1. The molecular weight excluding hydrogens is 550 g/mol. The lowest BCUT2D eigenvalue weighted by molar-refractivity contribution is -0.139. The molecule has 1 saturated carbocycles. The van der Waals surface area contributed by atoms with Gasteiger partial charge in [0.2, 0.25) is 23.6 Å². The number of carbonyl (C=O) groups excluding carboxylic acids is 4. The number of fused-ring (bicyclic) bond motifs is 2. The monoisotopic (exact) mass is 597 g/mol. The number of carbonyl (C=O) groups is 4. The maximum absolute atomic E-state index is 14.0. The van der Waals surface area contributed by atoms with Crippen LogP contribution in [0.2, 0.25) is 0 Å². The van der Waals surface area contributed by atoms with Crippen molar-refractivity contribution in [1.82, 2.24) is 25.8 Å². The van der Waals surface area contributed by atoms with Gasteiger partial charge in [0.1, 0.15) is 23.9 Å². The predicted molar refractivity (Wildman–Crippen MR) is 160 cm³/mol. The average molecular weight is 598 g/mol. The highest BCUT2D eigenvalue weighted by atomic mass is 16.5. The minimum atomic E-state index is -0.853. The molecule has 3 fully saturated rings. The van der Waals surface area contributed by atoms with Gasteiger partial charge in [-0.2, -0.15) is 0 Å². The van der Waals surface area contributed by atoms with Crippen LogP contribution >= 0.6 is 0 Å². The molecule has 2 bridgehead atoms. The lowest BCUT2D eigenvalue weighted by Gasteiger charge is -2.31. The highest BCUT2D eigenvalue weighted by Crippen LogP contribution is 2.32. The van der Waals surface area contributed by atoms with Gasteiger partial charge in [-0.1, -0.05) is 12.1 Å². The van der Waals surface area contributed by atoms with Gasteiger partial charge in [-0.15, -0.1) is 0 Å². The lowest BCUT2D eigenvalue weighted by atomic mass is 10.0. The van der Waals surface area contributed by atoms with Crippen molar-refractivity contribution in [1.29, 1.82) is 0 Å². The van der Waals surface area contributed by atoms with E-state index in [9.17, 15) is 19.2 Å². The van der Waals surface area contributed by atoms with E-state index in [1.807, 2.05) is 31.2 Å². The second kappa shape index (κ2) is 15.0. The Kier molecular flexibility index (Phi) is 10.9. The van der Waals surface area contributed by atoms with Crippen LogP contribution in [0, 0.1) is 5.92 Å². The van der Waals surface area contributed by atoms with Gasteiger partial charge >= 0.3 is 0 Å². The van der Waals surface area contributed by atoms with Gasteiger partial charge < -0.3 is 30.3 Å². The van der Waals surface area contributed by atoms with Gasteiger partial charge in [-0.25, -0.2) is 0 Å². The minimum absolute atomic E-state index is 0.0518. The molecule has 3 aliphatic heterocycles. The number of hydrogen-bond acceptors (Lipinski definition) is 7. The van der Waals surface area contributed by atoms with Crippen molar-refractivity contribution >= 4 is 23.6 Å². The number of hydrogen-bond donors (Lipinski definition) is 3. The number of nitrogens with zero attached hydrogens (tertiary/aromatic N) is 2. The molecule has 0 spiro atoms. The third-order valence-electron chi connectivity index (χ3n) is 9.07. The first-order valence-electron chi connectivity index (χ1n) is 16.1. The standard InChI is InChI=1S/C32H47N5O6/c1-22(24-10-11-24)33-30(39)26-8-2-3-17-43-25-7-4-6-23(20-25)21-28(37-13-5-9-29(37)38)32(41)35-27(31(40)34-26)12-14-36-15-18-42-19-16-36/h4,6-7,20,22,24,26-28H,2-3,5,8-19,21H2,1H3,(H,33,39)(H,34,40)(H,35,41)/t22-,26-,27-,28-/m0/s1. The fourth-order valence-corrected chi connectivity index (χ4v) is 6.22. The normalized spacial score (nSPS) is 27.1. The Hall–Kier alpha value is -3.18. The van der Waals surface area contributed by atoms with Gasteiger partial charge in [0.25, 0.3) is 0 Å². The van der Waals surface area contributed by atoms with Gasteiger partial charge in [-0.3, -0.25) is 24.1 Å². The number of nitrogens with one attached hydrogen (secondary N) is 3. The van der Waals surface area contributed by atoms with Gasteiger partial charge in [0.15, 0.2) is 0 Å². The van der Waals surface area contributed by atoms with Crippen LogP contribution in [0.15, 0.2) is 24.3 Å². The van der Waals surface area contributed by atoms with E-state index in [2.05, 4.69) is 20.9 Å². The van der Waals surface area contributed by atoms with Gasteiger partial charge in [-0.05, 0) is 75.5 Å². The molecule has 0 radical (unpaired) electrons. The van der Waals surface area contributed by atoms with Crippen molar-refractivity contribution in [2.24, 2.45) is 5.92 Å². The van der Waals surface area contributed by atoms with E-state index in [0.717, 1.165) is 37.9 Å². The van der Waals surface area contributed by atoms with E-state index in [4.69, 9.17) is 9.47 Å². The van der Waals surface area contributed by atoms with E-state index < -0.39 is 18.1 Å². The summed E-state index contributed by atoms with van der Waals surface area (Å²) >= 11 is 0. The van der Waals surface area contributed by atoms with Gasteiger partial charge in [0.05, 0.1) is 19.8 Å². The smallest absolute Gasteiger partial charge is 0.243 e. The summed E-state index contributed by atoms with van der Waals surface area (Å²) in [5.41, 5.74) is 0.889. The Morgan fingerprint density at radius 2 is 1.81 bits per heavy atom. The van der Waals surface area contributed by atoms with Crippen LogP contribution in [-0.2, 0) is 30.3 Å². The molecule has 0 aromatic heterocycles. The minimum Gasteiger partial charge on any atom is -0.494 e. The van der Waals surface area contributed by atoms with Crippen molar-refractivity contribution in [3.8, 4) is 5.75 Å². The van der Waals surface area contributed by atoms with E-state index in [1.54, 1.807) is 4.90 Å². The Balaban J connectivity index is 1.38. The molecule has 4 aliphatic rings. The Morgan fingerprint density at radius 1 is 1.00 bits per heavy atom. The lowest BCUT2D eigenvalue weighted by Crippen LogP contribution is -2.58. The zero-order valence-corrected chi connectivity index (χ0v) is 25.4. The number of rotatable bonds is 7. The number of amides is 4. The molecule has 1 aliphatic carbocycles. The predicted octanol–water partition coefficient (Wildman–Crippen LogP) is 1.39. The summed E-state index contributed by atoms with van der Waals surface area (Å²) in [4.78, 5) is 57.9. The molecule has 1 aromatic rings. The first-order valence-corrected chi connectivity index (χ1v) is 16.1. The van der Waals surface area contributed by atoms with Crippen molar-refractivity contribution in [2.45, 2.75) is 88.9 Å². The van der Waals surface area contributed by atoms with Crippen LogP contribution in [0.5, 0.6) is 5.75 Å². The first-order chi connectivity index (χ1) is 20.9. The molecule has 0 unspecified atom stereocenters. The van der Waals surface area contributed by atoms with Crippen LogP contribution in [0.25, 0.3) is 0 Å². The number of benzene rings is 1. The Labute approximate surface area is 254 Å². The molecule has 11 nitrogen and oxygen atoms in total. The molecule has 236 valence electrons. The number of likely N-dealkylation sites (tertiary alicyclic amines) is 1. The maximum atomic E-state index is 14.0. The van der Waals surface area contributed by atoms with Crippen molar-refractivity contribution in [2.75, 3.05) is 46.0 Å². The topological polar surface area (TPSA) is 129 Å². The zero-order valence-electron chi connectivity index (χ0n) is 25.4. The van der Waals surface area contributed by atoms with E-state index >= 15 is 0 Å². The molecule has 5 rings (SSSR count). The second-order valence-electron chi connectivity index (χ2n) is 12.4. The largest absolute Gasteiger partial charge is 0.494 e. The fourth-order valence-electron chi connectivity index (χ4n) is 6.22. The van der Waals surface area contributed by atoms with E-state index in [0.29, 0.717) is 83.1 Å². The summed E-state index contributed by atoms with van der Waals surface area (Å²) in [7, 11) is 0. The summed E-state index contributed by atoms with van der Waals surface area (Å²) in [6, 6.07) is 5.37. The van der Waals surface area contributed by atoms with Crippen LogP contribution in [0.1, 0.15) is 63.9 Å². The summed E-state index contributed by atoms with van der Waals surface area (Å²) in [6.45, 7) is 6.37. The molecule has 43 heavy (non-hydrogen) atoms. The maximum Gasteiger partial charge on any atom is 0.243 e. The molecule has 3 N–H and O–H groups in total. The average Bonchev–Trinajstić information content (AvgIpc) is 3.78. The van der Waals surface area contributed by atoms with Crippen LogP contribution in [0.3, 0.4) is 0 Å². The summed E-state index contributed by atoms with van der Waals surface area (Å²) in [6.07, 6.45) is 5.90. The van der Waals surface area contributed by atoms with E-state index in [1.165, 1.54) is 0 Å². The van der Waals surface area contributed by atoms with E-state index in [-0.39, 0.29) is 29.7 Å².